The number of methoxy groups -OCH3 is 1. The van der Waals surface area contributed by atoms with E-state index in [2.05, 4.69) is 21.2 Å². The van der Waals surface area contributed by atoms with Gasteiger partial charge in [0.2, 0.25) is 0 Å². The Morgan fingerprint density at radius 2 is 2.31 bits per heavy atom. The molecule has 3 N–H and O–H groups in total. The Morgan fingerprint density at radius 1 is 1.56 bits per heavy atom. The van der Waals surface area contributed by atoms with Crippen LogP contribution in [-0.2, 0) is 4.74 Å². The van der Waals surface area contributed by atoms with Crippen molar-refractivity contribution in [2.45, 2.75) is 6.04 Å². The highest BCUT2D eigenvalue weighted by Crippen LogP contribution is 2.20. The fraction of sp³-hybridized carbons (Fsp3) is 0.455. The van der Waals surface area contributed by atoms with Crippen LogP contribution in [0.4, 0.5) is 4.39 Å². The fourth-order valence-electron chi connectivity index (χ4n) is 1.44. The fourth-order valence-corrected chi connectivity index (χ4v) is 1.77. The summed E-state index contributed by atoms with van der Waals surface area (Å²) in [5, 5.41) is 3.14. The zero-order valence-electron chi connectivity index (χ0n) is 9.17. The molecule has 0 spiro atoms. The molecule has 0 aliphatic heterocycles. The SMILES string of the molecule is COCCNC(CN)c1ccc(Br)cc1F. The minimum absolute atomic E-state index is 0.178. The molecule has 1 unspecified atom stereocenters. The maximum absolute atomic E-state index is 13.6. The molecule has 0 aliphatic carbocycles. The van der Waals surface area contributed by atoms with E-state index in [1.165, 1.54) is 6.07 Å². The monoisotopic (exact) mass is 290 g/mol. The van der Waals surface area contributed by atoms with Gasteiger partial charge < -0.3 is 15.8 Å². The van der Waals surface area contributed by atoms with Crippen LogP contribution in [0.2, 0.25) is 0 Å². The Morgan fingerprint density at radius 3 is 2.88 bits per heavy atom. The number of halogens is 2. The predicted molar refractivity (Wildman–Crippen MR) is 65.8 cm³/mol. The van der Waals surface area contributed by atoms with Gasteiger partial charge in [0.25, 0.3) is 0 Å². The highest BCUT2D eigenvalue weighted by atomic mass is 79.9. The molecule has 0 radical (unpaired) electrons. The molecule has 0 heterocycles. The first-order chi connectivity index (χ1) is 7.69. The van der Waals surface area contributed by atoms with E-state index in [0.29, 0.717) is 25.3 Å². The van der Waals surface area contributed by atoms with Crippen molar-refractivity contribution in [2.75, 3.05) is 26.8 Å². The van der Waals surface area contributed by atoms with Gasteiger partial charge in [-0.05, 0) is 12.1 Å². The molecule has 5 heteroatoms. The molecule has 0 saturated carbocycles. The summed E-state index contributed by atoms with van der Waals surface area (Å²) in [4.78, 5) is 0. The topological polar surface area (TPSA) is 47.3 Å². The Bertz CT molecular complexity index is 336. The first-order valence-electron chi connectivity index (χ1n) is 5.06. The Labute approximate surface area is 103 Å². The summed E-state index contributed by atoms with van der Waals surface area (Å²) >= 11 is 3.22. The van der Waals surface area contributed by atoms with Crippen LogP contribution in [0.15, 0.2) is 22.7 Å². The quantitative estimate of drug-likeness (QED) is 0.786. The van der Waals surface area contributed by atoms with Gasteiger partial charge in [0.1, 0.15) is 5.82 Å². The van der Waals surface area contributed by atoms with Crippen LogP contribution in [0.5, 0.6) is 0 Å². The van der Waals surface area contributed by atoms with Gasteiger partial charge in [0.15, 0.2) is 0 Å². The van der Waals surface area contributed by atoms with Gasteiger partial charge in [-0.15, -0.1) is 0 Å². The maximum atomic E-state index is 13.6. The average molecular weight is 291 g/mol. The van der Waals surface area contributed by atoms with Gasteiger partial charge in [-0.2, -0.15) is 0 Å². The normalized spacial score (nSPS) is 12.8. The van der Waals surface area contributed by atoms with E-state index < -0.39 is 0 Å². The molecule has 1 aromatic carbocycles. The first kappa shape index (κ1) is 13.6. The third-order valence-electron chi connectivity index (χ3n) is 2.27. The van der Waals surface area contributed by atoms with Gasteiger partial charge in [-0.1, -0.05) is 22.0 Å². The van der Waals surface area contributed by atoms with Crippen LogP contribution in [-0.4, -0.2) is 26.8 Å². The Balaban J connectivity index is 2.70. The summed E-state index contributed by atoms with van der Waals surface area (Å²) in [5.74, 6) is -0.255. The maximum Gasteiger partial charge on any atom is 0.129 e. The van der Waals surface area contributed by atoms with Gasteiger partial charge in [0, 0.05) is 36.3 Å². The van der Waals surface area contributed by atoms with Gasteiger partial charge in [-0.3, -0.25) is 0 Å². The van der Waals surface area contributed by atoms with Crippen molar-refractivity contribution in [1.82, 2.24) is 5.32 Å². The molecule has 0 aliphatic rings. The summed E-state index contributed by atoms with van der Waals surface area (Å²) in [6.45, 7) is 1.57. The van der Waals surface area contributed by atoms with E-state index in [9.17, 15) is 4.39 Å². The van der Waals surface area contributed by atoms with Crippen molar-refractivity contribution in [3.8, 4) is 0 Å². The Kier molecular flexibility index (Phi) is 5.90. The van der Waals surface area contributed by atoms with E-state index in [4.69, 9.17) is 10.5 Å². The minimum Gasteiger partial charge on any atom is -0.383 e. The number of rotatable bonds is 6. The van der Waals surface area contributed by atoms with Gasteiger partial charge in [0.05, 0.1) is 6.61 Å². The number of hydrogen-bond acceptors (Lipinski definition) is 3. The summed E-state index contributed by atoms with van der Waals surface area (Å²) in [6.07, 6.45) is 0. The van der Waals surface area contributed by atoms with E-state index in [-0.39, 0.29) is 11.9 Å². The van der Waals surface area contributed by atoms with Crippen molar-refractivity contribution in [2.24, 2.45) is 5.73 Å². The highest BCUT2D eigenvalue weighted by molar-refractivity contribution is 9.10. The van der Waals surface area contributed by atoms with Crippen molar-refractivity contribution in [3.05, 3.63) is 34.1 Å². The van der Waals surface area contributed by atoms with Gasteiger partial charge >= 0.3 is 0 Å². The zero-order valence-corrected chi connectivity index (χ0v) is 10.8. The lowest BCUT2D eigenvalue weighted by Gasteiger charge is -2.17. The lowest BCUT2D eigenvalue weighted by Crippen LogP contribution is -2.31. The number of ether oxygens (including phenoxy) is 1. The smallest absolute Gasteiger partial charge is 0.129 e. The molecule has 0 aromatic heterocycles. The van der Waals surface area contributed by atoms with E-state index in [1.54, 1.807) is 19.2 Å². The molecule has 90 valence electrons. The molecule has 1 rings (SSSR count). The second kappa shape index (κ2) is 6.96. The van der Waals surface area contributed by atoms with E-state index in [0.717, 1.165) is 4.47 Å². The molecule has 1 atom stereocenters. The molecule has 3 nitrogen and oxygen atoms in total. The molecule has 0 fully saturated rings. The highest BCUT2D eigenvalue weighted by Gasteiger charge is 2.13. The van der Waals surface area contributed by atoms with Crippen LogP contribution in [0.1, 0.15) is 11.6 Å². The van der Waals surface area contributed by atoms with E-state index >= 15 is 0 Å². The number of nitrogens with one attached hydrogen (secondary N) is 1. The lowest BCUT2D eigenvalue weighted by molar-refractivity contribution is 0.195. The predicted octanol–water partition coefficient (Wildman–Crippen LogP) is 1.82. The molecule has 1 aromatic rings. The zero-order chi connectivity index (χ0) is 12.0. The number of nitrogens with two attached hydrogens (primary N) is 1. The third kappa shape index (κ3) is 3.83. The molecule has 16 heavy (non-hydrogen) atoms. The summed E-state index contributed by atoms with van der Waals surface area (Å²) in [6, 6.07) is 4.80. The van der Waals surface area contributed by atoms with E-state index in [1.807, 2.05) is 0 Å². The minimum atomic E-state index is -0.255. The van der Waals surface area contributed by atoms with Crippen LogP contribution in [0.3, 0.4) is 0 Å². The van der Waals surface area contributed by atoms with Crippen LogP contribution in [0, 0.1) is 5.82 Å². The molecule has 0 bridgehead atoms. The molecular formula is C11H16BrFN2O. The summed E-state index contributed by atoms with van der Waals surface area (Å²) in [5.41, 5.74) is 6.20. The lowest BCUT2D eigenvalue weighted by atomic mass is 10.1. The van der Waals surface area contributed by atoms with Crippen LogP contribution in [0.25, 0.3) is 0 Å². The van der Waals surface area contributed by atoms with Crippen molar-refractivity contribution < 1.29 is 9.13 Å². The molecule has 0 amide bonds. The molecule has 0 saturated heterocycles. The second-order valence-electron chi connectivity index (χ2n) is 3.40. The average Bonchev–Trinajstić information content (AvgIpc) is 2.26. The largest absolute Gasteiger partial charge is 0.383 e. The summed E-state index contributed by atoms with van der Waals surface area (Å²) in [7, 11) is 1.62. The van der Waals surface area contributed by atoms with Crippen molar-refractivity contribution in [1.29, 1.82) is 0 Å². The van der Waals surface area contributed by atoms with Gasteiger partial charge in [-0.25, -0.2) is 4.39 Å². The summed E-state index contributed by atoms with van der Waals surface area (Å²) < 4.78 is 19.3. The Hall–Kier alpha value is -0.490. The first-order valence-corrected chi connectivity index (χ1v) is 5.85. The van der Waals surface area contributed by atoms with Crippen molar-refractivity contribution in [3.63, 3.8) is 0 Å². The third-order valence-corrected chi connectivity index (χ3v) is 2.76. The van der Waals surface area contributed by atoms with Crippen molar-refractivity contribution >= 4 is 15.9 Å². The second-order valence-corrected chi connectivity index (χ2v) is 4.32. The standard InChI is InChI=1S/C11H16BrFN2O/c1-16-5-4-15-11(7-14)9-3-2-8(12)6-10(9)13/h2-3,6,11,15H,4-5,7,14H2,1H3. The number of benzene rings is 1. The molecular weight excluding hydrogens is 275 g/mol. The van der Waals surface area contributed by atoms with Crippen LogP contribution >= 0.6 is 15.9 Å². The van der Waals surface area contributed by atoms with Crippen LogP contribution < -0.4 is 11.1 Å². The number of hydrogen-bond donors (Lipinski definition) is 2.